The molecule has 1 nitrogen and oxygen atoms in total. The molecule has 0 atom stereocenters. The molecular weight excluding hydrogens is 253 g/mol. The molecule has 0 N–H and O–H groups in total. The van der Waals surface area contributed by atoms with Crippen LogP contribution in [0.2, 0.25) is 0 Å². The maximum absolute atomic E-state index is 12.4. The van der Waals surface area contributed by atoms with Crippen molar-refractivity contribution >= 4 is 5.78 Å². The molecule has 0 amide bonds. The number of hydrogen-bond acceptors (Lipinski definition) is 1. The van der Waals surface area contributed by atoms with E-state index in [2.05, 4.69) is 0 Å². The van der Waals surface area contributed by atoms with Crippen LogP contribution in [0.25, 0.3) is 11.1 Å². The van der Waals surface area contributed by atoms with Crippen LogP contribution in [0.15, 0.2) is 42.5 Å². The summed E-state index contributed by atoms with van der Waals surface area (Å²) in [5.74, 6) is -1.79. The molecule has 19 heavy (non-hydrogen) atoms. The zero-order valence-corrected chi connectivity index (χ0v) is 9.79. The van der Waals surface area contributed by atoms with Gasteiger partial charge in [0.05, 0.1) is 0 Å². The van der Waals surface area contributed by atoms with E-state index in [1.807, 2.05) is 24.3 Å². The molecule has 0 radical (unpaired) electrons. The minimum Gasteiger partial charge on any atom is -0.284 e. The Bertz CT molecular complexity index is 671. The first-order valence-corrected chi connectivity index (χ1v) is 5.79. The van der Waals surface area contributed by atoms with E-state index in [1.165, 1.54) is 12.1 Å². The van der Waals surface area contributed by atoms with Gasteiger partial charge in [-0.3, -0.25) is 4.79 Å². The summed E-state index contributed by atoms with van der Waals surface area (Å²) in [7, 11) is 0. The summed E-state index contributed by atoms with van der Waals surface area (Å²) in [6.07, 6.45) is -4.25. The van der Waals surface area contributed by atoms with Gasteiger partial charge in [-0.2, -0.15) is 13.2 Å². The Morgan fingerprint density at radius 3 is 2.37 bits per heavy atom. The first-order chi connectivity index (χ1) is 8.97. The van der Waals surface area contributed by atoms with Crippen LogP contribution in [-0.4, -0.2) is 12.0 Å². The Morgan fingerprint density at radius 1 is 0.947 bits per heavy atom. The van der Waals surface area contributed by atoms with E-state index in [9.17, 15) is 18.0 Å². The van der Waals surface area contributed by atoms with E-state index >= 15 is 0 Å². The van der Waals surface area contributed by atoms with Crippen molar-refractivity contribution in [3.63, 3.8) is 0 Å². The molecule has 0 saturated heterocycles. The molecule has 0 aliphatic heterocycles. The van der Waals surface area contributed by atoms with Gasteiger partial charge in [0, 0.05) is 5.56 Å². The minimum absolute atomic E-state index is 0.293. The van der Waals surface area contributed by atoms with E-state index in [0.717, 1.165) is 22.3 Å². The molecule has 4 heteroatoms. The molecule has 2 aromatic carbocycles. The normalized spacial score (nSPS) is 13.0. The fourth-order valence-corrected chi connectivity index (χ4v) is 2.45. The third kappa shape index (κ3) is 1.93. The first kappa shape index (κ1) is 12.0. The molecule has 0 bridgehead atoms. The average Bonchev–Trinajstić information content (AvgIpc) is 2.74. The summed E-state index contributed by atoms with van der Waals surface area (Å²) < 4.78 is 37.2. The lowest BCUT2D eigenvalue weighted by Crippen LogP contribution is -2.22. The maximum atomic E-state index is 12.4. The van der Waals surface area contributed by atoms with Gasteiger partial charge in [-0.25, -0.2) is 0 Å². The van der Waals surface area contributed by atoms with Crippen molar-refractivity contribution in [2.75, 3.05) is 0 Å². The summed E-state index contributed by atoms with van der Waals surface area (Å²) in [5.41, 5.74) is 3.50. The Balaban J connectivity index is 2.05. The summed E-state index contributed by atoms with van der Waals surface area (Å²) in [5, 5.41) is 0. The first-order valence-electron chi connectivity index (χ1n) is 5.79. The van der Waals surface area contributed by atoms with Gasteiger partial charge in [0.25, 0.3) is 5.78 Å². The fraction of sp³-hybridized carbons (Fsp3) is 0.133. The number of carbonyl (C=O) groups excluding carboxylic acids is 1. The van der Waals surface area contributed by atoms with Gasteiger partial charge >= 0.3 is 6.18 Å². The topological polar surface area (TPSA) is 17.1 Å². The van der Waals surface area contributed by atoms with Crippen molar-refractivity contribution in [2.24, 2.45) is 0 Å². The second-order valence-electron chi connectivity index (χ2n) is 4.53. The van der Waals surface area contributed by atoms with E-state index in [-0.39, 0.29) is 5.56 Å². The lowest BCUT2D eigenvalue weighted by molar-refractivity contribution is -0.0885. The molecule has 0 aromatic heterocycles. The van der Waals surface area contributed by atoms with Crippen LogP contribution >= 0.6 is 0 Å². The predicted octanol–water partition coefficient (Wildman–Crippen LogP) is 4.00. The van der Waals surface area contributed by atoms with Crippen molar-refractivity contribution in [3.05, 3.63) is 59.2 Å². The summed E-state index contributed by atoms with van der Waals surface area (Å²) in [6.45, 7) is 0. The summed E-state index contributed by atoms with van der Waals surface area (Å²) >= 11 is 0. The van der Waals surface area contributed by atoms with Gasteiger partial charge in [0.1, 0.15) is 0 Å². The van der Waals surface area contributed by atoms with E-state index in [0.29, 0.717) is 6.42 Å². The highest BCUT2D eigenvalue weighted by Gasteiger charge is 2.39. The molecule has 1 aliphatic carbocycles. The second-order valence-corrected chi connectivity index (χ2v) is 4.53. The van der Waals surface area contributed by atoms with Crippen molar-refractivity contribution in [1.29, 1.82) is 0 Å². The molecular formula is C15H9F3O. The third-order valence-electron chi connectivity index (χ3n) is 3.31. The van der Waals surface area contributed by atoms with Crippen LogP contribution < -0.4 is 0 Å². The average molecular weight is 262 g/mol. The number of alkyl halides is 3. The van der Waals surface area contributed by atoms with Gasteiger partial charge in [0.2, 0.25) is 0 Å². The molecule has 0 heterocycles. The number of ketones is 1. The van der Waals surface area contributed by atoms with Crippen LogP contribution in [0.5, 0.6) is 0 Å². The van der Waals surface area contributed by atoms with Crippen LogP contribution in [-0.2, 0) is 6.42 Å². The van der Waals surface area contributed by atoms with E-state index in [1.54, 1.807) is 6.07 Å². The number of hydrogen-bond donors (Lipinski definition) is 0. The van der Waals surface area contributed by atoms with Crippen LogP contribution in [0.4, 0.5) is 13.2 Å². The number of fused-ring (bicyclic) bond motifs is 3. The van der Waals surface area contributed by atoms with Gasteiger partial charge < -0.3 is 0 Å². The third-order valence-corrected chi connectivity index (χ3v) is 3.31. The van der Waals surface area contributed by atoms with Crippen LogP contribution in [0.1, 0.15) is 21.5 Å². The Hall–Kier alpha value is -2.10. The molecule has 96 valence electrons. The Kier molecular flexibility index (Phi) is 2.49. The molecule has 2 aromatic rings. The quantitative estimate of drug-likeness (QED) is 0.606. The van der Waals surface area contributed by atoms with Gasteiger partial charge in [0.15, 0.2) is 0 Å². The van der Waals surface area contributed by atoms with Gasteiger partial charge in [-0.05, 0) is 34.7 Å². The number of Topliss-reactive ketones (excluding diaryl/α,β-unsaturated/α-hetero) is 1. The lowest BCUT2D eigenvalue weighted by atomic mass is 10.0. The monoisotopic (exact) mass is 262 g/mol. The Morgan fingerprint density at radius 2 is 1.63 bits per heavy atom. The predicted molar refractivity (Wildman–Crippen MR) is 65.1 cm³/mol. The molecule has 0 saturated carbocycles. The summed E-state index contributed by atoms with van der Waals surface area (Å²) in [4.78, 5) is 11.2. The highest BCUT2D eigenvalue weighted by Crippen LogP contribution is 2.37. The highest BCUT2D eigenvalue weighted by molar-refractivity contribution is 6.01. The standard InChI is InChI=1S/C15H9F3O/c16-15(17,18)14(19)10-5-6-13-11(8-10)7-9-3-1-2-4-12(9)13/h1-6,8H,7H2. The fourth-order valence-electron chi connectivity index (χ4n) is 2.45. The molecule has 3 rings (SSSR count). The maximum Gasteiger partial charge on any atom is 0.454 e. The van der Waals surface area contributed by atoms with Gasteiger partial charge in [-0.1, -0.05) is 36.4 Å². The minimum atomic E-state index is -4.82. The van der Waals surface area contributed by atoms with Crippen molar-refractivity contribution in [2.45, 2.75) is 12.6 Å². The molecule has 0 unspecified atom stereocenters. The highest BCUT2D eigenvalue weighted by atomic mass is 19.4. The van der Waals surface area contributed by atoms with Crippen molar-refractivity contribution in [3.8, 4) is 11.1 Å². The molecule has 1 aliphatic rings. The number of rotatable bonds is 1. The van der Waals surface area contributed by atoms with Gasteiger partial charge in [-0.15, -0.1) is 0 Å². The largest absolute Gasteiger partial charge is 0.454 e. The van der Waals surface area contributed by atoms with E-state index in [4.69, 9.17) is 0 Å². The smallest absolute Gasteiger partial charge is 0.284 e. The van der Waals surface area contributed by atoms with Crippen LogP contribution in [0.3, 0.4) is 0 Å². The van der Waals surface area contributed by atoms with Crippen molar-refractivity contribution < 1.29 is 18.0 Å². The summed E-state index contributed by atoms with van der Waals surface area (Å²) in [6, 6.07) is 11.9. The number of carbonyl (C=O) groups is 1. The zero-order valence-electron chi connectivity index (χ0n) is 9.79. The van der Waals surface area contributed by atoms with E-state index < -0.39 is 12.0 Å². The molecule has 0 fully saturated rings. The zero-order chi connectivity index (χ0) is 13.6. The second kappa shape index (κ2) is 3.95. The SMILES string of the molecule is O=C(c1ccc2c(c1)Cc1ccccc1-2)C(F)(F)F. The molecule has 0 spiro atoms. The Labute approximate surface area is 107 Å². The number of benzene rings is 2. The van der Waals surface area contributed by atoms with Crippen molar-refractivity contribution in [1.82, 2.24) is 0 Å². The number of halogens is 3. The van der Waals surface area contributed by atoms with Crippen LogP contribution in [0, 0.1) is 0 Å². The lowest BCUT2D eigenvalue weighted by Gasteiger charge is -2.07.